The van der Waals surface area contributed by atoms with Crippen molar-refractivity contribution in [2.45, 2.75) is 45.3 Å². The number of carbonyl (C=O) groups is 2. The number of benzene rings is 1. The zero-order chi connectivity index (χ0) is 19.1. The molecule has 6 nitrogen and oxygen atoms in total. The van der Waals surface area contributed by atoms with Crippen molar-refractivity contribution >= 4 is 11.9 Å². The number of nitrogens with one attached hydrogen (secondary N) is 1. The molecule has 1 amide bonds. The molecule has 0 saturated carbocycles. The highest BCUT2D eigenvalue weighted by atomic mass is 19.1. The SMILES string of the molecule is CCN(CC(=O)O)C1CCN(C(C)C(=O)NCc2ccccc2F)CC1. The van der Waals surface area contributed by atoms with Gasteiger partial charge in [-0.25, -0.2) is 4.39 Å². The van der Waals surface area contributed by atoms with Crippen molar-refractivity contribution in [1.29, 1.82) is 0 Å². The van der Waals surface area contributed by atoms with Gasteiger partial charge < -0.3 is 10.4 Å². The van der Waals surface area contributed by atoms with E-state index in [1.54, 1.807) is 18.2 Å². The molecule has 2 rings (SSSR count). The van der Waals surface area contributed by atoms with Crippen molar-refractivity contribution < 1.29 is 19.1 Å². The average molecular weight is 365 g/mol. The number of carbonyl (C=O) groups excluding carboxylic acids is 1. The Morgan fingerprint density at radius 2 is 2.00 bits per heavy atom. The maximum absolute atomic E-state index is 13.6. The highest BCUT2D eigenvalue weighted by molar-refractivity contribution is 5.81. The lowest BCUT2D eigenvalue weighted by Gasteiger charge is -2.39. The fourth-order valence-corrected chi connectivity index (χ4v) is 3.45. The molecule has 2 N–H and O–H groups in total. The maximum atomic E-state index is 13.6. The summed E-state index contributed by atoms with van der Waals surface area (Å²) in [5.74, 6) is -1.25. The van der Waals surface area contributed by atoms with Crippen molar-refractivity contribution in [3.8, 4) is 0 Å². The van der Waals surface area contributed by atoms with E-state index in [2.05, 4.69) is 10.2 Å². The first-order valence-corrected chi connectivity index (χ1v) is 9.13. The van der Waals surface area contributed by atoms with Crippen molar-refractivity contribution in [3.05, 3.63) is 35.6 Å². The topological polar surface area (TPSA) is 72.9 Å². The molecule has 1 atom stereocenters. The Morgan fingerprint density at radius 3 is 2.58 bits per heavy atom. The number of carboxylic acids is 1. The van der Waals surface area contributed by atoms with Gasteiger partial charge in [0, 0.05) is 31.2 Å². The number of nitrogens with zero attached hydrogens (tertiary/aromatic N) is 2. The molecule has 7 heteroatoms. The summed E-state index contributed by atoms with van der Waals surface area (Å²) in [6.45, 7) is 6.24. The van der Waals surface area contributed by atoms with Crippen LogP contribution in [-0.4, -0.2) is 65.0 Å². The van der Waals surface area contributed by atoms with E-state index in [1.165, 1.54) is 6.07 Å². The first-order valence-electron chi connectivity index (χ1n) is 9.13. The fraction of sp³-hybridized carbons (Fsp3) is 0.579. The second-order valence-electron chi connectivity index (χ2n) is 6.71. The summed E-state index contributed by atoms with van der Waals surface area (Å²) in [6.07, 6.45) is 1.68. The van der Waals surface area contributed by atoms with Gasteiger partial charge in [0.15, 0.2) is 0 Å². The normalized spacial score (nSPS) is 17.2. The molecule has 1 aromatic rings. The number of carboxylic acid groups (broad SMARTS) is 1. The van der Waals surface area contributed by atoms with E-state index < -0.39 is 5.97 Å². The summed E-state index contributed by atoms with van der Waals surface area (Å²) in [4.78, 5) is 27.4. The van der Waals surface area contributed by atoms with Gasteiger partial charge in [0.05, 0.1) is 12.6 Å². The smallest absolute Gasteiger partial charge is 0.317 e. The van der Waals surface area contributed by atoms with Crippen LogP contribution in [0.1, 0.15) is 32.3 Å². The molecule has 1 aliphatic heterocycles. The molecule has 1 unspecified atom stereocenters. The monoisotopic (exact) mass is 365 g/mol. The molecule has 144 valence electrons. The first-order chi connectivity index (χ1) is 12.4. The van der Waals surface area contributed by atoms with Crippen LogP contribution in [0.4, 0.5) is 4.39 Å². The third kappa shape index (κ3) is 5.51. The van der Waals surface area contributed by atoms with Crippen molar-refractivity contribution in [1.82, 2.24) is 15.1 Å². The molecule has 1 aromatic carbocycles. The van der Waals surface area contributed by atoms with Gasteiger partial charge in [-0.05, 0) is 32.4 Å². The van der Waals surface area contributed by atoms with Crippen LogP contribution in [0.2, 0.25) is 0 Å². The molecule has 26 heavy (non-hydrogen) atoms. The zero-order valence-corrected chi connectivity index (χ0v) is 15.4. The molecule has 1 heterocycles. The predicted octanol–water partition coefficient (Wildman–Crippen LogP) is 1.70. The second-order valence-corrected chi connectivity index (χ2v) is 6.71. The highest BCUT2D eigenvalue weighted by Crippen LogP contribution is 2.18. The molecule has 1 fully saturated rings. The van der Waals surface area contributed by atoms with E-state index in [9.17, 15) is 14.0 Å². The summed E-state index contributed by atoms with van der Waals surface area (Å²) in [5.41, 5.74) is 0.471. The Labute approximate surface area is 154 Å². The highest BCUT2D eigenvalue weighted by Gasteiger charge is 2.29. The lowest BCUT2D eigenvalue weighted by Crippen LogP contribution is -2.52. The Hall–Kier alpha value is -1.99. The fourth-order valence-electron chi connectivity index (χ4n) is 3.45. The number of piperidine rings is 1. The Morgan fingerprint density at radius 1 is 1.35 bits per heavy atom. The van der Waals surface area contributed by atoms with Gasteiger partial charge in [-0.15, -0.1) is 0 Å². The predicted molar refractivity (Wildman–Crippen MR) is 97.2 cm³/mol. The minimum Gasteiger partial charge on any atom is -0.480 e. The van der Waals surface area contributed by atoms with Gasteiger partial charge in [0.25, 0.3) is 0 Å². The zero-order valence-electron chi connectivity index (χ0n) is 15.4. The van der Waals surface area contributed by atoms with Crippen LogP contribution in [0.5, 0.6) is 0 Å². The van der Waals surface area contributed by atoms with Crippen molar-refractivity contribution in [3.63, 3.8) is 0 Å². The number of aliphatic carboxylic acids is 1. The summed E-state index contributed by atoms with van der Waals surface area (Å²) < 4.78 is 13.6. The number of hydrogen-bond donors (Lipinski definition) is 2. The van der Waals surface area contributed by atoms with E-state index in [4.69, 9.17) is 5.11 Å². The van der Waals surface area contributed by atoms with Gasteiger partial charge in [-0.3, -0.25) is 19.4 Å². The van der Waals surface area contributed by atoms with Crippen molar-refractivity contribution in [2.75, 3.05) is 26.2 Å². The van der Waals surface area contributed by atoms with E-state index in [1.807, 2.05) is 18.7 Å². The largest absolute Gasteiger partial charge is 0.480 e. The molecule has 0 bridgehead atoms. The lowest BCUT2D eigenvalue weighted by molar-refractivity contribution is -0.139. The van der Waals surface area contributed by atoms with Gasteiger partial charge in [0.2, 0.25) is 5.91 Å². The standard InChI is InChI=1S/C19H28FN3O3/c1-3-22(13-18(24)25)16-8-10-23(11-9-16)14(2)19(26)21-12-15-6-4-5-7-17(15)20/h4-7,14,16H,3,8-13H2,1-2H3,(H,21,26)(H,24,25). The molecule has 0 radical (unpaired) electrons. The van der Waals surface area contributed by atoms with E-state index in [0.29, 0.717) is 12.1 Å². The van der Waals surface area contributed by atoms with Gasteiger partial charge in [-0.2, -0.15) is 0 Å². The molecular formula is C19H28FN3O3. The number of amides is 1. The molecule has 0 aliphatic carbocycles. The first kappa shape index (κ1) is 20.3. The minimum absolute atomic E-state index is 0.0554. The second kappa shape index (κ2) is 9.64. The third-order valence-corrected chi connectivity index (χ3v) is 5.10. The number of hydrogen-bond acceptors (Lipinski definition) is 4. The lowest BCUT2D eigenvalue weighted by atomic mass is 10.0. The summed E-state index contributed by atoms with van der Waals surface area (Å²) in [6, 6.07) is 6.35. The van der Waals surface area contributed by atoms with Gasteiger partial charge >= 0.3 is 5.97 Å². The third-order valence-electron chi connectivity index (χ3n) is 5.10. The quantitative estimate of drug-likeness (QED) is 0.734. The number of rotatable bonds is 8. The van der Waals surface area contributed by atoms with Crippen LogP contribution in [0.25, 0.3) is 0 Å². The minimum atomic E-state index is -0.810. The Kier molecular flexibility index (Phi) is 7.53. The van der Waals surface area contributed by atoms with E-state index >= 15 is 0 Å². The number of likely N-dealkylation sites (tertiary alicyclic amines) is 1. The summed E-state index contributed by atoms with van der Waals surface area (Å²) in [7, 11) is 0. The molecule has 0 spiro atoms. The van der Waals surface area contributed by atoms with Crippen LogP contribution in [0.3, 0.4) is 0 Å². The van der Waals surface area contributed by atoms with Crippen LogP contribution in [0.15, 0.2) is 24.3 Å². The summed E-state index contributed by atoms with van der Waals surface area (Å²) in [5, 5.41) is 11.8. The number of likely N-dealkylation sites (N-methyl/N-ethyl adjacent to an activating group) is 1. The molecule has 1 aliphatic rings. The van der Waals surface area contributed by atoms with Crippen molar-refractivity contribution in [2.24, 2.45) is 0 Å². The maximum Gasteiger partial charge on any atom is 0.317 e. The molecular weight excluding hydrogens is 337 g/mol. The van der Waals surface area contributed by atoms with Crippen LogP contribution in [0, 0.1) is 5.82 Å². The molecule has 1 saturated heterocycles. The Balaban J connectivity index is 1.81. The summed E-state index contributed by atoms with van der Waals surface area (Å²) >= 11 is 0. The molecule has 0 aromatic heterocycles. The van der Waals surface area contributed by atoms with E-state index in [0.717, 1.165) is 25.9 Å². The Bertz CT molecular complexity index is 618. The van der Waals surface area contributed by atoms with Crippen LogP contribution in [-0.2, 0) is 16.1 Å². The van der Waals surface area contributed by atoms with E-state index in [-0.39, 0.29) is 36.9 Å². The average Bonchev–Trinajstić information content (AvgIpc) is 2.64. The van der Waals surface area contributed by atoms with Crippen LogP contribution < -0.4 is 5.32 Å². The number of halogens is 1. The van der Waals surface area contributed by atoms with Gasteiger partial charge in [0.1, 0.15) is 5.82 Å². The van der Waals surface area contributed by atoms with Gasteiger partial charge in [-0.1, -0.05) is 25.1 Å². The van der Waals surface area contributed by atoms with Crippen LogP contribution >= 0.6 is 0 Å².